The second kappa shape index (κ2) is 23.2. The van der Waals surface area contributed by atoms with Crippen molar-refractivity contribution in [2.24, 2.45) is 10.1 Å². The zero-order valence-electron chi connectivity index (χ0n) is 23.2. The van der Waals surface area contributed by atoms with Gasteiger partial charge in [0.15, 0.2) is 0 Å². The second-order valence-corrected chi connectivity index (χ2v) is 10.7. The SMILES string of the molecule is CCCCCCCCCCCCCCCC=CN1CC(CC)N=C1Cc1ccccc1.CCSN. The van der Waals surface area contributed by atoms with Crippen molar-refractivity contribution in [2.75, 3.05) is 12.3 Å². The number of aliphatic imine (C=N–C) groups is 1. The van der Waals surface area contributed by atoms with Gasteiger partial charge in [-0.05, 0) is 24.8 Å². The quantitative estimate of drug-likeness (QED) is 0.152. The fourth-order valence-electron chi connectivity index (χ4n) is 4.43. The van der Waals surface area contributed by atoms with Gasteiger partial charge in [0, 0.05) is 24.9 Å². The topological polar surface area (TPSA) is 41.6 Å². The van der Waals surface area contributed by atoms with Gasteiger partial charge in [-0.2, -0.15) is 0 Å². The largest absolute Gasteiger partial charge is 0.335 e. The molecule has 0 fully saturated rings. The summed E-state index contributed by atoms with van der Waals surface area (Å²) in [4.78, 5) is 7.36. The van der Waals surface area contributed by atoms with E-state index < -0.39 is 0 Å². The molecule has 1 aromatic rings. The minimum atomic E-state index is 0.458. The minimum absolute atomic E-state index is 0.458. The third-order valence-corrected chi connectivity index (χ3v) is 7.01. The van der Waals surface area contributed by atoms with Crippen LogP contribution in [0.4, 0.5) is 0 Å². The van der Waals surface area contributed by atoms with Crippen LogP contribution in [-0.2, 0) is 6.42 Å². The molecule has 0 amide bonds. The molecule has 1 aromatic carbocycles. The highest BCUT2D eigenvalue weighted by molar-refractivity contribution is 7.97. The normalized spacial score (nSPS) is 15.4. The molecule has 1 atom stereocenters. The van der Waals surface area contributed by atoms with Crippen LogP contribution in [0.25, 0.3) is 0 Å². The van der Waals surface area contributed by atoms with Crippen molar-refractivity contribution >= 4 is 17.8 Å². The summed E-state index contributed by atoms with van der Waals surface area (Å²) in [6, 6.07) is 11.2. The van der Waals surface area contributed by atoms with Crippen molar-refractivity contribution in [1.29, 1.82) is 0 Å². The van der Waals surface area contributed by atoms with E-state index in [1.54, 1.807) is 0 Å². The standard InChI is InChI=1S/C29H48N2.C2H7NS/c1-3-5-6-7-8-9-10-11-12-13-14-15-16-17-21-24-31-26-28(4-2)30-29(31)25-27-22-19-18-20-23-27;1-2-4-3/h18-24,28H,3-17,25-26H2,1-2H3;2-3H2,1H3. The van der Waals surface area contributed by atoms with Gasteiger partial charge in [-0.3, -0.25) is 10.1 Å². The van der Waals surface area contributed by atoms with E-state index >= 15 is 0 Å². The van der Waals surface area contributed by atoms with E-state index in [2.05, 4.69) is 61.4 Å². The van der Waals surface area contributed by atoms with Crippen LogP contribution in [0.1, 0.15) is 123 Å². The van der Waals surface area contributed by atoms with Crippen molar-refractivity contribution in [3.8, 4) is 0 Å². The number of hydrogen-bond acceptors (Lipinski definition) is 4. The monoisotopic (exact) mass is 501 g/mol. The highest BCUT2D eigenvalue weighted by Gasteiger charge is 2.21. The van der Waals surface area contributed by atoms with Crippen LogP contribution in [0, 0.1) is 0 Å². The number of amidine groups is 1. The predicted molar refractivity (Wildman–Crippen MR) is 160 cm³/mol. The van der Waals surface area contributed by atoms with Crippen molar-refractivity contribution < 1.29 is 0 Å². The molecule has 3 nitrogen and oxygen atoms in total. The van der Waals surface area contributed by atoms with E-state index in [9.17, 15) is 0 Å². The number of allylic oxidation sites excluding steroid dienone is 1. The first-order valence-corrected chi connectivity index (χ1v) is 15.7. The lowest BCUT2D eigenvalue weighted by Gasteiger charge is -2.16. The summed E-state index contributed by atoms with van der Waals surface area (Å²) < 4.78 is 0. The van der Waals surface area contributed by atoms with Gasteiger partial charge in [0.2, 0.25) is 0 Å². The van der Waals surface area contributed by atoms with Gasteiger partial charge in [0.05, 0.1) is 6.04 Å². The Hall–Kier alpha value is -1.26. The summed E-state index contributed by atoms with van der Waals surface area (Å²) in [6.45, 7) is 7.61. The van der Waals surface area contributed by atoms with Gasteiger partial charge in [-0.25, -0.2) is 0 Å². The van der Waals surface area contributed by atoms with Crippen molar-refractivity contribution in [1.82, 2.24) is 4.90 Å². The van der Waals surface area contributed by atoms with Crippen LogP contribution >= 0.6 is 11.9 Å². The van der Waals surface area contributed by atoms with Crippen LogP contribution < -0.4 is 5.14 Å². The molecule has 0 saturated carbocycles. The molecule has 0 aliphatic carbocycles. The average molecular weight is 502 g/mol. The molecule has 0 spiro atoms. The van der Waals surface area contributed by atoms with Gasteiger partial charge >= 0.3 is 0 Å². The first-order valence-electron chi connectivity index (χ1n) is 14.6. The lowest BCUT2D eigenvalue weighted by atomic mass is 10.0. The van der Waals surface area contributed by atoms with E-state index in [0.29, 0.717) is 6.04 Å². The van der Waals surface area contributed by atoms with E-state index in [1.165, 1.54) is 113 Å². The Morgan fingerprint density at radius 1 is 0.857 bits per heavy atom. The molecular formula is C31H55N3S. The van der Waals surface area contributed by atoms with E-state index in [0.717, 1.165) is 25.1 Å². The van der Waals surface area contributed by atoms with Crippen LogP contribution in [0.5, 0.6) is 0 Å². The van der Waals surface area contributed by atoms with Gasteiger partial charge in [-0.1, -0.05) is 146 Å². The van der Waals surface area contributed by atoms with Crippen molar-refractivity contribution in [3.05, 3.63) is 48.2 Å². The van der Waals surface area contributed by atoms with E-state index in [1.807, 2.05) is 6.92 Å². The third kappa shape index (κ3) is 16.9. The Morgan fingerprint density at radius 3 is 1.91 bits per heavy atom. The van der Waals surface area contributed by atoms with Gasteiger partial charge in [0.1, 0.15) is 5.84 Å². The Kier molecular flexibility index (Phi) is 21.0. The second-order valence-electron chi connectivity index (χ2n) is 9.79. The molecule has 2 rings (SSSR count). The fourth-order valence-corrected chi connectivity index (χ4v) is 4.43. The summed E-state index contributed by atoms with van der Waals surface area (Å²) >= 11 is 1.36. The highest BCUT2D eigenvalue weighted by Crippen LogP contribution is 2.17. The summed E-state index contributed by atoms with van der Waals surface area (Å²) in [5.41, 5.74) is 1.35. The molecule has 1 heterocycles. The molecule has 0 bridgehead atoms. The lowest BCUT2D eigenvalue weighted by molar-refractivity contribution is 0.521. The molecule has 1 aliphatic heterocycles. The number of nitrogens with two attached hydrogens (primary N) is 1. The molecule has 4 heteroatoms. The molecular weight excluding hydrogens is 446 g/mol. The van der Waals surface area contributed by atoms with Crippen LogP contribution in [0.15, 0.2) is 47.6 Å². The first-order chi connectivity index (χ1) is 17.2. The molecule has 0 radical (unpaired) electrons. The smallest absolute Gasteiger partial charge is 0.108 e. The maximum Gasteiger partial charge on any atom is 0.108 e. The highest BCUT2D eigenvalue weighted by atomic mass is 32.2. The van der Waals surface area contributed by atoms with Crippen molar-refractivity contribution in [3.63, 3.8) is 0 Å². The lowest BCUT2D eigenvalue weighted by Crippen LogP contribution is -2.25. The fraction of sp³-hybridized carbons (Fsp3) is 0.710. The van der Waals surface area contributed by atoms with Gasteiger partial charge in [-0.15, -0.1) is 0 Å². The Morgan fingerprint density at radius 2 is 1.40 bits per heavy atom. The molecule has 2 N–H and O–H groups in total. The van der Waals surface area contributed by atoms with Gasteiger partial charge in [0.25, 0.3) is 0 Å². The first kappa shape index (κ1) is 31.8. The number of hydrogen-bond donors (Lipinski definition) is 1. The summed E-state index contributed by atoms with van der Waals surface area (Å²) in [5, 5.41) is 4.94. The number of benzene rings is 1. The zero-order chi connectivity index (χ0) is 25.4. The van der Waals surface area contributed by atoms with Crippen LogP contribution in [-0.4, -0.2) is 29.1 Å². The number of unbranched alkanes of at least 4 members (excludes halogenated alkanes) is 13. The predicted octanol–water partition coefficient (Wildman–Crippen LogP) is 9.33. The molecule has 35 heavy (non-hydrogen) atoms. The maximum absolute atomic E-state index is 4.96. The molecule has 1 unspecified atom stereocenters. The van der Waals surface area contributed by atoms with Crippen LogP contribution in [0.3, 0.4) is 0 Å². The third-order valence-electron chi connectivity index (χ3n) is 6.67. The Labute approximate surface area is 222 Å². The average Bonchev–Trinajstić information content (AvgIpc) is 3.28. The van der Waals surface area contributed by atoms with Gasteiger partial charge < -0.3 is 4.90 Å². The molecule has 200 valence electrons. The molecule has 0 aromatic heterocycles. The van der Waals surface area contributed by atoms with Crippen LogP contribution in [0.2, 0.25) is 0 Å². The zero-order valence-corrected chi connectivity index (χ0v) is 24.0. The maximum atomic E-state index is 4.96. The van der Waals surface area contributed by atoms with Crippen molar-refractivity contribution in [2.45, 2.75) is 130 Å². The molecule has 0 saturated heterocycles. The number of nitrogens with zero attached hydrogens (tertiary/aromatic N) is 2. The van der Waals surface area contributed by atoms with E-state index in [4.69, 9.17) is 10.1 Å². The summed E-state index contributed by atoms with van der Waals surface area (Å²) in [6.07, 6.45) is 26.4. The Bertz CT molecular complexity index is 642. The summed E-state index contributed by atoms with van der Waals surface area (Å²) in [5.74, 6) is 2.25. The summed E-state index contributed by atoms with van der Waals surface area (Å²) in [7, 11) is 0. The Balaban J connectivity index is 0.00000142. The number of rotatable bonds is 19. The van der Waals surface area contributed by atoms with E-state index in [-0.39, 0.29) is 0 Å². The minimum Gasteiger partial charge on any atom is -0.335 e. The molecule has 1 aliphatic rings.